The van der Waals surface area contributed by atoms with Crippen LogP contribution in [0.2, 0.25) is 0 Å². The molecule has 14 heteroatoms. The average Bonchev–Trinajstić information content (AvgIpc) is 3.55. The zero-order chi connectivity index (χ0) is 29.4. The van der Waals surface area contributed by atoms with Gasteiger partial charge in [-0.2, -0.15) is 0 Å². The predicted octanol–water partition coefficient (Wildman–Crippen LogP) is -0.327. The number of nitrogens with two attached hydrogens (primary N) is 1. The molecule has 4 unspecified atom stereocenters. The van der Waals surface area contributed by atoms with Gasteiger partial charge in [-0.25, -0.2) is 9.78 Å². The van der Waals surface area contributed by atoms with Crippen molar-refractivity contribution in [2.75, 3.05) is 0 Å². The van der Waals surface area contributed by atoms with Crippen molar-refractivity contribution in [3.63, 3.8) is 0 Å². The second-order valence-corrected chi connectivity index (χ2v) is 9.74. The Bertz CT molecular complexity index is 1350. The van der Waals surface area contributed by atoms with Crippen molar-refractivity contribution >= 4 is 40.6 Å². The Hall–Kier alpha value is -4.72. The number of nitrogens with one attached hydrogen (secondary N) is 5. The molecule has 2 heterocycles. The summed E-state index contributed by atoms with van der Waals surface area (Å²) in [6.45, 7) is 3.22. The molecule has 3 rings (SSSR count). The molecule has 0 aliphatic rings. The lowest BCUT2D eigenvalue weighted by atomic mass is 10.0. The lowest BCUT2D eigenvalue weighted by Gasteiger charge is -2.25. The van der Waals surface area contributed by atoms with E-state index in [0.717, 1.165) is 16.5 Å². The number of carbonyl (C=O) groups excluding carboxylic acids is 3. The summed E-state index contributed by atoms with van der Waals surface area (Å²) in [6, 6.07) is 2.24. The van der Waals surface area contributed by atoms with Crippen LogP contribution in [-0.4, -0.2) is 79.0 Å². The molecule has 1 aromatic carbocycles. The molecule has 0 saturated heterocycles. The number of hydrogen-bond donors (Lipinski definition) is 8. The summed E-state index contributed by atoms with van der Waals surface area (Å²) in [5, 5.41) is 26.9. The molecule has 14 nitrogen and oxygen atoms in total. The van der Waals surface area contributed by atoms with Crippen LogP contribution in [0.5, 0.6) is 0 Å². The molecule has 0 radical (unpaired) electrons. The molecular formula is C26H33N7O7. The third-order valence-corrected chi connectivity index (χ3v) is 6.31. The first-order chi connectivity index (χ1) is 19.0. The Morgan fingerprint density at radius 3 is 2.23 bits per heavy atom. The van der Waals surface area contributed by atoms with E-state index in [2.05, 4.69) is 30.9 Å². The van der Waals surface area contributed by atoms with Crippen LogP contribution in [0.3, 0.4) is 0 Å². The predicted molar refractivity (Wildman–Crippen MR) is 143 cm³/mol. The fourth-order valence-corrected chi connectivity index (χ4v) is 4.16. The Balaban J connectivity index is 1.74. The number of benzene rings is 1. The number of fused-ring (bicyclic) bond motifs is 1. The smallest absolute Gasteiger partial charge is 0.326 e. The normalized spacial score (nSPS) is 14.2. The van der Waals surface area contributed by atoms with Gasteiger partial charge in [0.1, 0.15) is 18.1 Å². The van der Waals surface area contributed by atoms with Gasteiger partial charge in [0.25, 0.3) is 0 Å². The van der Waals surface area contributed by atoms with Crippen LogP contribution in [0.25, 0.3) is 10.9 Å². The van der Waals surface area contributed by atoms with E-state index >= 15 is 0 Å². The van der Waals surface area contributed by atoms with Gasteiger partial charge in [0.2, 0.25) is 17.7 Å². The van der Waals surface area contributed by atoms with E-state index in [4.69, 9.17) is 5.73 Å². The highest BCUT2D eigenvalue weighted by molar-refractivity contribution is 5.96. The number of hydrogen-bond acceptors (Lipinski definition) is 7. The minimum atomic E-state index is -1.56. The zero-order valence-electron chi connectivity index (χ0n) is 22.0. The lowest BCUT2D eigenvalue weighted by molar-refractivity contribution is -0.144. The highest BCUT2D eigenvalue weighted by Crippen LogP contribution is 2.19. The molecule has 0 bridgehead atoms. The van der Waals surface area contributed by atoms with E-state index in [1.54, 1.807) is 20.0 Å². The van der Waals surface area contributed by atoms with E-state index < -0.39 is 66.2 Å². The van der Waals surface area contributed by atoms with Crippen LogP contribution >= 0.6 is 0 Å². The molecule has 0 fully saturated rings. The van der Waals surface area contributed by atoms with Crippen LogP contribution < -0.4 is 21.7 Å². The maximum atomic E-state index is 13.2. The maximum Gasteiger partial charge on any atom is 0.326 e. The maximum absolute atomic E-state index is 13.2. The Morgan fingerprint density at radius 1 is 0.925 bits per heavy atom. The van der Waals surface area contributed by atoms with Gasteiger partial charge in [0, 0.05) is 35.4 Å². The Kier molecular flexibility index (Phi) is 9.97. The van der Waals surface area contributed by atoms with Gasteiger partial charge in [-0.05, 0) is 24.0 Å². The zero-order valence-corrected chi connectivity index (χ0v) is 22.0. The van der Waals surface area contributed by atoms with Crippen molar-refractivity contribution in [1.82, 2.24) is 30.9 Å². The highest BCUT2D eigenvalue weighted by Gasteiger charge is 2.32. The van der Waals surface area contributed by atoms with Crippen molar-refractivity contribution in [3.8, 4) is 0 Å². The summed E-state index contributed by atoms with van der Waals surface area (Å²) in [5.41, 5.74) is 8.18. The van der Waals surface area contributed by atoms with E-state index in [-0.39, 0.29) is 12.8 Å². The van der Waals surface area contributed by atoms with Gasteiger partial charge in [0.05, 0.1) is 18.8 Å². The van der Waals surface area contributed by atoms with Gasteiger partial charge >= 0.3 is 11.9 Å². The summed E-state index contributed by atoms with van der Waals surface area (Å²) in [7, 11) is 0. The monoisotopic (exact) mass is 555 g/mol. The SMILES string of the molecule is CC(C)C(NC(=O)C(Cc1cnc[nH]1)NC(=O)C(CC(=O)O)NC(=O)C(N)Cc1c[nH]c2ccccc12)C(=O)O. The van der Waals surface area contributed by atoms with Crippen molar-refractivity contribution < 1.29 is 34.2 Å². The van der Waals surface area contributed by atoms with Crippen LogP contribution in [0.1, 0.15) is 31.5 Å². The van der Waals surface area contributed by atoms with E-state index in [9.17, 15) is 34.2 Å². The third kappa shape index (κ3) is 7.89. The van der Waals surface area contributed by atoms with Gasteiger partial charge < -0.3 is 41.9 Å². The molecule has 0 spiro atoms. The van der Waals surface area contributed by atoms with E-state index in [1.165, 1.54) is 12.5 Å². The Morgan fingerprint density at radius 2 is 1.60 bits per heavy atom. The molecule has 214 valence electrons. The van der Waals surface area contributed by atoms with Crippen molar-refractivity contribution in [1.29, 1.82) is 0 Å². The van der Waals surface area contributed by atoms with Crippen LogP contribution in [0, 0.1) is 5.92 Å². The minimum absolute atomic E-state index is 0.101. The van der Waals surface area contributed by atoms with Crippen LogP contribution in [0.4, 0.5) is 0 Å². The lowest BCUT2D eigenvalue weighted by Crippen LogP contribution is -2.58. The summed E-state index contributed by atoms with van der Waals surface area (Å²) in [4.78, 5) is 72.0. The number of aromatic amines is 2. The molecule has 0 saturated carbocycles. The molecule has 0 aliphatic carbocycles. The molecule has 9 N–H and O–H groups in total. The van der Waals surface area contributed by atoms with Crippen molar-refractivity contribution in [2.24, 2.45) is 11.7 Å². The number of H-pyrrole nitrogens is 2. The second kappa shape index (κ2) is 13.4. The highest BCUT2D eigenvalue weighted by atomic mass is 16.4. The van der Waals surface area contributed by atoms with Crippen LogP contribution in [-0.2, 0) is 36.8 Å². The largest absolute Gasteiger partial charge is 0.481 e. The van der Waals surface area contributed by atoms with E-state index in [1.807, 2.05) is 24.3 Å². The van der Waals surface area contributed by atoms with Crippen molar-refractivity contribution in [2.45, 2.75) is 57.3 Å². The minimum Gasteiger partial charge on any atom is -0.481 e. The first kappa shape index (κ1) is 29.8. The fourth-order valence-electron chi connectivity index (χ4n) is 4.16. The number of carboxylic acids is 2. The third-order valence-electron chi connectivity index (χ3n) is 6.31. The second-order valence-electron chi connectivity index (χ2n) is 9.74. The topological polar surface area (TPSA) is 232 Å². The molecule has 4 atom stereocenters. The van der Waals surface area contributed by atoms with Gasteiger partial charge in [-0.15, -0.1) is 0 Å². The van der Waals surface area contributed by atoms with Gasteiger partial charge in [-0.1, -0.05) is 32.0 Å². The van der Waals surface area contributed by atoms with Crippen molar-refractivity contribution in [3.05, 3.63) is 54.2 Å². The molecule has 2 aromatic heterocycles. The standard InChI is InChI=1S/C26H33N7O7/c1-13(2)22(26(39)40)33-25(38)19(8-15-11-28-12-30-15)32-24(37)20(9-21(34)35)31-23(36)17(27)7-14-10-29-18-6-4-3-5-16(14)18/h3-6,10-13,17,19-20,22,29H,7-9,27H2,1-2H3,(H,28,30)(H,31,36)(H,32,37)(H,33,38)(H,34,35)(H,39,40). The number of imidazole rings is 1. The van der Waals surface area contributed by atoms with Gasteiger partial charge in [0.15, 0.2) is 0 Å². The number of aliphatic carboxylic acids is 2. The summed E-state index contributed by atoms with van der Waals surface area (Å²) >= 11 is 0. The first-order valence-electron chi connectivity index (χ1n) is 12.6. The molecule has 40 heavy (non-hydrogen) atoms. The van der Waals surface area contributed by atoms with Crippen LogP contribution in [0.15, 0.2) is 43.0 Å². The van der Waals surface area contributed by atoms with Gasteiger partial charge in [-0.3, -0.25) is 19.2 Å². The summed E-state index contributed by atoms with van der Waals surface area (Å²) < 4.78 is 0. The number of carbonyl (C=O) groups is 5. The number of amides is 3. The Labute approximate surface area is 229 Å². The number of para-hydroxylation sites is 1. The number of nitrogens with zero attached hydrogens (tertiary/aromatic N) is 1. The summed E-state index contributed by atoms with van der Waals surface area (Å²) in [6.07, 6.45) is 3.75. The first-order valence-corrected chi connectivity index (χ1v) is 12.6. The number of aromatic nitrogens is 3. The quantitative estimate of drug-likeness (QED) is 0.130. The number of rotatable bonds is 14. The molecule has 3 amide bonds. The molecule has 3 aromatic rings. The summed E-state index contributed by atoms with van der Waals surface area (Å²) in [5.74, 6) is -5.60. The number of carboxylic acid groups (broad SMARTS) is 2. The molecule has 0 aliphatic heterocycles. The molecular weight excluding hydrogens is 522 g/mol. The fraction of sp³-hybridized carbons (Fsp3) is 0.385. The average molecular weight is 556 g/mol. The van der Waals surface area contributed by atoms with E-state index in [0.29, 0.717) is 5.69 Å².